The molecule has 0 saturated carbocycles. The van der Waals surface area contributed by atoms with E-state index in [1.54, 1.807) is 0 Å². The fraction of sp³-hybridized carbons (Fsp3) is 0.100. The zero-order valence-corrected chi connectivity index (χ0v) is 7.58. The number of aromatic nitrogens is 1. The minimum atomic E-state index is -1.01. The highest BCUT2D eigenvalue weighted by Gasteiger charge is 2.16. The van der Waals surface area contributed by atoms with Crippen molar-refractivity contribution in [3.63, 3.8) is 0 Å². The zero-order valence-electron chi connectivity index (χ0n) is 7.58. The van der Waals surface area contributed by atoms with E-state index in [4.69, 9.17) is 9.52 Å². The summed E-state index contributed by atoms with van der Waals surface area (Å²) in [6.07, 6.45) is 1.07. The molecule has 1 N–H and O–H groups in total. The van der Waals surface area contributed by atoms with Crippen molar-refractivity contribution in [3.05, 3.63) is 41.9 Å². The van der Waals surface area contributed by atoms with E-state index in [-0.39, 0.29) is 23.6 Å². The van der Waals surface area contributed by atoms with Gasteiger partial charge in [-0.2, -0.15) is 0 Å². The van der Waals surface area contributed by atoms with Crippen LogP contribution in [0.5, 0.6) is 0 Å². The van der Waals surface area contributed by atoms with Gasteiger partial charge in [-0.3, -0.25) is 0 Å². The smallest absolute Gasteiger partial charge is 0.181 e. The first-order valence-corrected chi connectivity index (χ1v) is 4.21. The van der Waals surface area contributed by atoms with Crippen LogP contribution in [-0.2, 0) is 6.61 Å². The van der Waals surface area contributed by atoms with Crippen molar-refractivity contribution in [2.75, 3.05) is 0 Å². The highest BCUT2D eigenvalue weighted by molar-refractivity contribution is 5.60. The Hall–Kier alpha value is -1.75. The van der Waals surface area contributed by atoms with E-state index in [1.165, 1.54) is 12.1 Å². The van der Waals surface area contributed by atoms with E-state index >= 15 is 0 Å². The number of nitrogens with zero attached hydrogens (tertiary/aromatic N) is 1. The van der Waals surface area contributed by atoms with Crippen LogP contribution in [0, 0.1) is 11.6 Å². The molecule has 0 aliphatic rings. The van der Waals surface area contributed by atoms with Crippen LogP contribution >= 0.6 is 0 Å². The Balaban J connectivity index is 2.59. The van der Waals surface area contributed by atoms with Crippen molar-refractivity contribution < 1.29 is 18.3 Å². The number of hydrogen-bond acceptors (Lipinski definition) is 3. The molecule has 0 unspecified atom stereocenters. The Bertz CT molecular complexity index is 482. The summed E-state index contributed by atoms with van der Waals surface area (Å²) in [5.41, 5.74) is 0.135. The fourth-order valence-electron chi connectivity index (χ4n) is 1.28. The Morgan fingerprint density at radius 3 is 2.87 bits per heavy atom. The third-order valence-corrected chi connectivity index (χ3v) is 1.99. The quantitative estimate of drug-likeness (QED) is 0.827. The fourth-order valence-corrected chi connectivity index (χ4v) is 1.28. The number of aliphatic hydroxyl groups is 1. The van der Waals surface area contributed by atoms with E-state index in [2.05, 4.69) is 4.98 Å². The highest BCUT2D eigenvalue weighted by Crippen LogP contribution is 2.26. The molecule has 1 heterocycles. The second-order valence-electron chi connectivity index (χ2n) is 2.89. The van der Waals surface area contributed by atoms with Gasteiger partial charge in [0.2, 0.25) is 0 Å². The van der Waals surface area contributed by atoms with Crippen LogP contribution in [-0.4, -0.2) is 10.1 Å². The predicted octanol–water partition coefficient (Wildman–Crippen LogP) is 2.11. The van der Waals surface area contributed by atoms with E-state index in [9.17, 15) is 8.78 Å². The number of halogens is 2. The van der Waals surface area contributed by atoms with E-state index in [1.807, 2.05) is 0 Å². The molecule has 0 aliphatic heterocycles. The lowest BCUT2D eigenvalue weighted by Crippen LogP contribution is -1.92. The molecule has 2 rings (SSSR count). The van der Waals surface area contributed by atoms with Crippen molar-refractivity contribution >= 4 is 0 Å². The van der Waals surface area contributed by atoms with Crippen LogP contribution in [0.1, 0.15) is 5.69 Å². The van der Waals surface area contributed by atoms with E-state index in [0.29, 0.717) is 0 Å². The molecule has 0 aliphatic carbocycles. The van der Waals surface area contributed by atoms with Crippen LogP contribution in [0.4, 0.5) is 8.78 Å². The summed E-state index contributed by atoms with van der Waals surface area (Å²) < 4.78 is 31.1. The van der Waals surface area contributed by atoms with Gasteiger partial charge in [0.05, 0.1) is 12.2 Å². The summed E-state index contributed by atoms with van der Waals surface area (Å²) in [4.78, 5) is 3.68. The lowest BCUT2D eigenvalue weighted by atomic mass is 10.1. The van der Waals surface area contributed by atoms with Gasteiger partial charge in [0.25, 0.3) is 0 Å². The number of aliphatic hydroxyl groups excluding tert-OH is 1. The van der Waals surface area contributed by atoms with Gasteiger partial charge in [-0.25, -0.2) is 13.8 Å². The first-order valence-electron chi connectivity index (χ1n) is 4.21. The Kier molecular flexibility index (Phi) is 2.47. The number of oxazole rings is 1. The summed E-state index contributed by atoms with van der Waals surface area (Å²) in [5.74, 6) is -1.92. The van der Waals surface area contributed by atoms with Gasteiger partial charge in [-0.1, -0.05) is 6.07 Å². The molecular formula is C10H7F2NO2. The highest BCUT2D eigenvalue weighted by atomic mass is 19.2. The molecule has 5 heteroatoms. The third-order valence-electron chi connectivity index (χ3n) is 1.99. The molecule has 0 radical (unpaired) electrons. The van der Waals surface area contributed by atoms with Gasteiger partial charge in [0.15, 0.2) is 23.8 Å². The van der Waals surface area contributed by atoms with Gasteiger partial charge in [0.1, 0.15) is 5.69 Å². The number of benzene rings is 1. The molecule has 0 saturated heterocycles. The number of hydrogen-bond donors (Lipinski definition) is 1. The Morgan fingerprint density at radius 1 is 1.33 bits per heavy atom. The van der Waals surface area contributed by atoms with Crippen LogP contribution in [0.15, 0.2) is 29.0 Å². The largest absolute Gasteiger partial charge is 0.443 e. The minimum Gasteiger partial charge on any atom is -0.443 e. The molecule has 0 spiro atoms. The van der Waals surface area contributed by atoms with Crippen molar-refractivity contribution in [2.45, 2.75) is 6.61 Å². The standard InChI is InChI=1S/C10H7F2NO2/c11-7-3-1-2-6(9(7)12)10-8(4-14)13-5-15-10/h1-3,5,14H,4H2. The molecule has 0 amide bonds. The van der Waals surface area contributed by atoms with Crippen molar-refractivity contribution in [3.8, 4) is 11.3 Å². The summed E-state index contributed by atoms with van der Waals surface area (Å²) in [5, 5.41) is 8.89. The SMILES string of the molecule is OCc1ncoc1-c1cccc(F)c1F. The van der Waals surface area contributed by atoms with Crippen molar-refractivity contribution in [1.29, 1.82) is 0 Å². The van der Waals surface area contributed by atoms with Crippen LogP contribution in [0.2, 0.25) is 0 Å². The molecule has 2 aromatic rings. The maximum atomic E-state index is 13.3. The first kappa shape index (κ1) is 9.79. The molecule has 0 fully saturated rings. The molecule has 1 aromatic carbocycles. The number of rotatable bonds is 2. The normalized spacial score (nSPS) is 10.6. The van der Waals surface area contributed by atoms with Crippen molar-refractivity contribution in [1.82, 2.24) is 4.98 Å². The van der Waals surface area contributed by atoms with Gasteiger partial charge in [-0.05, 0) is 12.1 Å². The minimum absolute atomic E-state index is 0.0449. The molecule has 78 valence electrons. The van der Waals surface area contributed by atoms with E-state index in [0.717, 1.165) is 12.5 Å². The average molecular weight is 211 g/mol. The molecule has 0 bridgehead atoms. The maximum absolute atomic E-state index is 13.3. The molecule has 1 aromatic heterocycles. The predicted molar refractivity (Wildman–Crippen MR) is 47.8 cm³/mol. The second-order valence-corrected chi connectivity index (χ2v) is 2.89. The lowest BCUT2D eigenvalue weighted by molar-refractivity contribution is 0.277. The van der Waals surface area contributed by atoms with Crippen LogP contribution in [0.25, 0.3) is 11.3 Å². The van der Waals surface area contributed by atoms with Crippen LogP contribution in [0.3, 0.4) is 0 Å². The van der Waals surface area contributed by atoms with Crippen LogP contribution < -0.4 is 0 Å². The van der Waals surface area contributed by atoms with Crippen molar-refractivity contribution in [2.24, 2.45) is 0 Å². The van der Waals surface area contributed by atoms with E-state index < -0.39 is 11.6 Å². The Labute approximate surface area is 84.0 Å². The monoisotopic (exact) mass is 211 g/mol. The second kappa shape index (κ2) is 3.78. The maximum Gasteiger partial charge on any atom is 0.181 e. The lowest BCUT2D eigenvalue weighted by Gasteiger charge is -2.01. The van der Waals surface area contributed by atoms with Gasteiger partial charge in [-0.15, -0.1) is 0 Å². The summed E-state index contributed by atoms with van der Waals surface area (Å²) in [7, 11) is 0. The summed E-state index contributed by atoms with van der Waals surface area (Å²) in [6.45, 7) is -0.387. The molecule has 15 heavy (non-hydrogen) atoms. The summed E-state index contributed by atoms with van der Waals surface area (Å²) in [6, 6.07) is 3.73. The third kappa shape index (κ3) is 1.61. The summed E-state index contributed by atoms with van der Waals surface area (Å²) >= 11 is 0. The van der Waals surface area contributed by atoms with Gasteiger partial charge < -0.3 is 9.52 Å². The Morgan fingerprint density at radius 2 is 2.13 bits per heavy atom. The first-order chi connectivity index (χ1) is 7.24. The molecular weight excluding hydrogens is 204 g/mol. The van der Waals surface area contributed by atoms with Gasteiger partial charge >= 0.3 is 0 Å². The molecule has 3 nitrogen and oxygen atoms in total. The van der Waals surface area contributed by atoms with Gasteiger partial charge in [0, 0.05) is 0 Å². The topological polar surface area (TPSA) is 46.3 Å². The zero-order chi connectivity index (χ0) is 10.8. The molecule has 0 atom stereocenters. The average Bonchev–Trinajstić information content (AvgIpc) is 2.70.